The van der Waals surface area contributed by atoms with Crippen LogP contribution in [0, 0.1) is 5.82 Å². The van der Waals surface area contributed by atoms with Gasteiger partial charge < -0.3 is 10.5 Å². The Bertz CT molecular complexity index is 631. The van der Waals surface area contributed by atoms with Gasteiger partial charge in [0.05, 0.1) is 23.7 Å². The van der Waals surface area contributed by atoms with E-state index in [0.717, 1.165) is 5.56 Å². The number of ether oxygens (including phenoxy) is 1. The van der Waals surface area contributed by atoms with Crippen LogP contribution < -0.4 is 10.5 Å². The topological polar surface area (TPSA) is 52.3 Å². The van der Waals surface area contributed by atoms with E-state index in [9.17, 15) is 8.60 Å². The minimum absolute atomic E-state index is 0.130. The number of hydrogen-bond acceptors (Lipinski definition) is 3. The molecule has 2 N–H and O–H groups in total. The average Bonchev–Trinajstić information content (AvgIpc) is 2.49. The lowest BCUT2D eigenvalue weighted by Gasteiger charge is -2.07. The second kappa shape index (κ2) is 6.63. The highest BCUT2D eigenvalue weighted by Gasteiger charge is 2.08. The Labute approximate surface area is 120 Å². The van der Waals surface area contributed by atoms with Crippen LogP contribution in [0.3, 0.4) is 0 Å². The number of hydrogen-bond donors (Lipinski definition) is 1. The normalized spacial score (nSPS) is 12.2. The fourth-order valence-corrected chi connectivity index (χ4v) is 2.98. The highest BCUT2D eigenvalue weighted by atomic mass is 32.2. The zero-order valence-electron chi connectivity index (χ0n) is 11.1. The molecular weight excluding hydrogens is 277 g/mol. The summed E-state index contributed by atoms with van der Waals surface area (Å²) in [4.78, 5) is 0.683. The lowest BCUT2D eigenvalue weighted by Crippen LogP contribution is -2.03. The van der Waals surface area contributed by atoms with Gasteiger partial charge in [-0.15, -0.1) is 0 Å². The second-order valence-electron chi connectivity index (χ2n) is 4.30. The predicted molar refractivity (Wildman–Crippen MR) is 77.4 cm³/mol. The van der Waals surface area contributed by atoms with Gasteiger partial charge in [0.2, 0.25) is 0 Å². The molecule has 2 rings (SSSR count). The van der Waals surface area contributed by atoms with E-state index in [2.05, 4.69) is 0 Å². The molecule has 20 heavy (non-hydrogen) atoms. The first kappa shape index (κ1) is 14.7. The summed E-state index contributed by atoms with van der Waals surface area (Å²) in [5.74, 6) is 0.654. The molecule has 0 saturated carbocycles. The SMILES string of the molecule is COc1cccc(S(=O)Cc2ccc(F)c(CN)c2)c1. The van der Waals surface area contributed by atoms with E-state index in [1.165, 1.54) is 6.07 Å². The fraction of sp³-hybridized carbons (Fsp3) is 0.200. The molecule has 0 amide bonds. The van der Waals surface area contributed by atoms with Gasteiger partial charge in [-0.2, -0.15) is 0 Å². The highest BCUT2D eigenvalue weighted by molar-refractivity contribution is 7.84. The standard InChI is InChI=1S/C15H16FNO2S/c1-19-13-3-2-4-14(8-13)20(18)10-11-5-6-15(16)12(7-11)9-17/h2-8H,9-10,17H2,1H3. The molecule has 2 aromatic carbocycles. The van der Waals surface area contributed by atoms with E-state index >= 15 is 0 Å². The Morgan fingerprint density at radius 2 is 2.05 bits per heavy atom. The number of halogens is 1. The third-order valence-electron chi connectivity index (χ3n) is 2.93. The van der Waals surface area contributed by atoms with Crippen molar-refractivity contribution in [2.45, 2.75) is 17.2 Å². The summed E-state index contributed by atoms with van der Waals surface area (Å²) in [5.41, 5.74) is 6.70. The van der Waals surface area contributed by atoms with Crippen molar-refractivity contribution in [3.8, 4) is 5.75 Å². The van der Waals surface area contributed by atoms with Crippen LogP contribution in [0.25, 0.3) is 0 Å². The van der Waals surface area contributed by atoms with Crippen molar-refractivity contribution in [2.24, 2.45) is 5.73 Å². The number of methoxy groups -OCH3 is 1. The molecule has 3 nitrogen and oxygen atoms in total. The Hall–Kier alpha value is -1.72. The van der Waals surface area contributed by atoms with E-state index in [1.54, 1.807) is 43.5 Å². The first-order chi connectivity index (χ1) is 9.63. The van der Waals surface area contributed by atoms with Crippen molar-refractivity contribution in [1.29, 1.82) is 0 Å². The maximum atomic E-state index is 13.4. The largest absolute Gasteiger partial charge is 0.497 e. The minimum Gasteiger partial charge on any atom is -0.497 e. The van der Waals surface area contributed by atoms with Gasteiger partial charge in [-0.25, -0.2) is 4.39 Å². The van der Waals surface area contributed by atoms with Crippen molar-refractivity contribution >= 4 is 10.8 Å². The van der Waals surface area contributed by atoms with Gasteiger partial charge in [0.15, 0.2) is 0 Å². The van der Waals surface area contributed by atoms with Gasteiger partial charge in [-0.1, -0.05) is 18.2 Å². The molecule has 0 radical (unpaired) electrons. The molecule has 0 bridgehead atoms. The summed E-state index contributed by atoms with van der Waals surface area (Å²) < 4.78 is 30.8. The molecule has 2 aromatic rings. The summed E-state index contributed by atoms with van der Waals surface area (Å²) >= 11 is 0. The molecule has 1 atom stereocenters. The molecule has 0 fully saturated rings. The van der Waals surface area contributed by atoms with Crippen molar-refractivity contribution < 1.29 is 13.3 Å². The highest BCUT2D eigenvalue weighted by Crippen LogP contribution is 2.19. The Kier molecular flexibility index (Phi) is 4.87. The molecule has 106 valence electrons. The third-order valence-corrected chi connectivity index (χ3v) is 4.31. The van der Waals surface area contributed by atoms with Crippen molar-refractivity contribution in [2.75, 3.05) is 7.11 Å². The van der Waals surface area contributed by atoms with Gasteiger partial charge in [-0.05, 0) is 29.8 Å². The van der Waals surface area contributed by atoms with Gasteiger partial charge in [-0.3, -0.25) is 4.21 Å². The number of nitrogens with two attached hydrogens (primary N) is 1. The Balaban J connectivity index is 2.18. The molecule has 0 heterocycles. The average molecular weight is 293 g/mol. The molecule has 5 heteroatoms. The Morgan fingerprint density at radius 1 is 1.25 bits per heavy atom. The molecule has 0 aromatic heterocycles. The lowest BCUT2D eigenvalue weighted by atomic mass is 10.1. The van der Waals surface area contributed by atoms with Crippen LogP contribution in [0.5, 0.6) is 5.75 Å². The minimum atomic E-state index is -1.21. The van der Waals surface area contributed by atoms with Gasteiger partial charge >= 0.3 is 0 Å². The maximum Gasteiger partial charge on any atom is 0.127 e. The van der Waals surface area contributed by atoms with Crippen LogP contribution >= 0.6 is 0 Å². The summed E-state index contributed by atoms with van der Waals surface area (Å²) in [7, 11) is 0.359. The predicted octanol–water partition coefficient (Wildman–Crippen LogP) is 2.60. The Morgan fingerprint density at radius 3 is 2.75 bits per heavy atom. The zero-order chi connectivity index (χ0) is 14.5. The summed E-state index contributed by atoms with van der Waals surface area (Å²) in [6.07, 6.45) is 0. The molecule has 0 spiro atoms. The van der Waals surface area contributed by atoms with E-state index in [1.807, 2.05) is 0 Å². The summed E-state index contributed by atoms with van der Waals surface area (Å²) in [5, 5.41) is 0. The lowest BCUT2D eigenvalue weighted by molar-refractivity contribution is 0.413. The smallest absolute Gasteiger partial charge is 0.127 e. The van der Waals surface area contributed by atoms with Crippen LogP contribution in [-0.2, 0) is 23.1 Å². The van der Waals surface area contributed by atoms with Crippen molar-refractivity contribution in [3.63, 3.8) is 0 Å². The van der Waals surface area contributed by atoms with Gasteiger partial charge in [0.1, 0.15) is 11.6 Å². The van der Waals surface area contributed by atoms with Crippen LogP contribution in [0.4, 0.5) is 4.39 Å². The van der Waals surface area contributed by atoms with E-state index in [4.69, 9.17) is 10.5 Å². The van der Waals surface area contributed by atoms with Crippen LogP contribution in [0.2, 0.25) is 0 Å². The first-order valence-corrected chi connectivity index (χ1v) is 7.45. The van der Waals surface area contributed by atoms with Crippen LogP contribution in [0.15, 0.2) is 47.4 Å². The first-order valence-electron chi connectivity index (χ1n) is 6.14. The third kappa shape index (κ3) is 3.43. The van der Waals surface area contributed by atoms with E-state index in [0.29, 0.717) is 22.0 Å². The van der Waals surface area contributed by atoms with E-state index in [-0.39, 0.29) is 12.4 Å². The quantitative estimate of drug-likeness (QED) is 0.922. The maximum absolute atomic E-state index is 13.4. The van der Waals surface area contributed by atoms with Crippen LogP contribution in [0.1, 0.15) is 11.1 Å². The zero-order valence-corrected chi connectivity index (χ0v) is 12.0. The fourth-order valence-electron chi connectivity index (χ4n) is 1.85. The van der Waals surface area contributed by atoms with E-state index < -0.39 is 10.8 Å². The second-order valence-corrected chi connectivity index (χ2v) is 5.75. The summed E-state index contributed by atoms with van der Waals surface area (Å²) in [6, 6.07) is 11.8. The number of benzene rings is 2. The summed E-state index contributed by atoms with van der Waals surface area (Å²) in [6.45, 7) is 0.130. The van der Waals surface area contributed by atoms with Gasteiger partial charge in [0.25, 0.3) is 0 Å². The molecular formula is C15H16FNO2S. The molecule has 1 unspecified atom stereocenters. The monoisotopic (exact) mass is 293 g/mol. The molecule has 0 aliphatic carbocycles. The van der Waals surface area contributed by atoms with Crippen molar-refractivity contribution in [1.82, 2.24) is 0 Å². The van der Waals surface area contributed by atoms with Crippen molar-refractivity contribution in [3.05, 3.63) is 59.4 Å². The molecule has 0 saturated heterocycles. The van der Waals surface area contributed by atoms with Crippen LogP contribution in [-0.4, -0.2) is 11.3 Å². The molecule has 0 aliphatic heterocycles. The molecule has 0 aliphatic rings. The number of rotatable bonds is 5. The van der Waals surface area contributed by atoms with Gasteiger partial charge in [0, 0.05) is 17.0 Å².